The van der Waals surface area contributed by atoms with Crippen molar-refractivity contribution in [2.24, 2.45) is 0 Å². The van der Waals surface area contributed by atoms with Gasteiger partial charge in [0.05, 0.1) is 0 Å². The largest absolute Gasteiger partial charge is 0.365 e. The Balaban J connectivity index is 1.75. The number of hydrogen-bond donors (Lipinski definition) is 1. The maximum absolute atomic E-state index is 13.1. The van der Waals surface area contributed by atoms with Crippen molar-refractivity contribution >= 4 is 15.7 Å². The number of imidazole rings is 1. The van der Waals surface area contributed by atoms with E-state index in [2.05, 4.69) is 27.4 Å². The van der Waals surface area contributed by atoms with Crippen LogP contribution in [0.2, 0.25) is 0 Å². The molecular weight excluding hydrogens is 390 g/mol. The fourth-order valence-electron chi connectivity index (χ4n) is 3.76. The van der Waals surface area contributed by atoms with Crippen molar-refractivity contribution in [1.29, 1.82) is 0 Å². The summed E-state index contributed by atoms with van der Waals surface area (Å²) in [5, 5.41) is 3.42. The second-order valence-corrected chi connectivity index (χ2v) is 9.77. The van der Waals surface area contributed by atoms with E-state index in [1.807, 2.05) is 25.1 Å². The normalized spacial score (nSPS) is 16.1. The highest BCUT2D eigenvalue weighted by molar-refractivity contribution is 7.90. The van der Waals surface area contributed by atoms with Crippen LogP contribution in [0.4, 0.5) is 5.82 Å². The standard InChI is InChI=1S/C20H25N5O3S/c1-3-10-24-19-17(22-16(23-19)13-29(27,28)4-2)18-21-15(12-25(18)20(24)26)11-14-8-6-5-7-9-14/h5-9,15,21H,3-4,10-13H2,1-2H3/t15-/m1/s1. The zero-order valence-electron chi connectivity index (χ0n) is 16.6. The molecule has 1 atom stereocenters. The number of rotatable bonds is 7. The maximum atomic E-state index is 13.1. The average molecular weight is 416 g/mol. The van der Waals surface area contributed by atoms with Gasteiger partial charge in [0.25, 0.3) is 0 Å². The summed E-state index contributed by atoms with van der Waals surface area (Å²) in [5.74, 6) is 1.14. The van der Waals surface area contributed by atoms with Gasteiger partial charge in [-0.25, -0.2) is 23.2 Å². The van der Waals surface area contributed by atoms with Crippen LogP contribution in [-0.4, -0.2) is 39.3 Å². The molecule has 9 heteroatoms. The van der Waals surface area contributed by atoms with Crippen molar-refractivity contribution < 1.29 is 8.42 Å². The molecule has 8 nitrogen and oxygen atoms in total. The number of anilines is 1. The lowest BCUT2D eigenvalue weighted by Gasteiger charge is -2.13. The van der Waals surface area contributed by atoms with Gasteiger partial charge in [-0.3, -0.25) is 9.13 Å². The molecule has 0 aromatic heterocycles. The Morgan fingerprint density at radius 3 is 2.62 bits per heavy atom. The van der Waals surface area contributed by atoms with Crippen molar-refractivity contribution in [1.82, 2.24) is 19.1 Å². The Morgan fingerprint density at radius 2 is 1.93 bits per heavy atom. The molecule has 0 amide bonds. The van der Waals surface area contributed by atoms with Gasteiger partial charge in [-0.1, -0.05) is 44.2 Å². The number of aromatic nitrogens is 4. The minimum absolute atomic E-state index is 0.0317. The molecule has 29 heavy (non-hydrogen) atoms. The molecule has 3 aliphatic heterocycles. The fourth-order valence-corrected chi connectivity index (χ4v) is 4.49. The fraction of sp³-hybridized carbons (Fsp3) is 0.450. The monoisotopic (exact) mass is 415 g/mol. The van der Waals surface area contributed by atoms with Crippen molar-refractivity contribution in [2.75, 3.05) is 11.1 Å². The van der Waals surface area contributed by atoms with E-state index in [0.717, 1.165) is 12.8 Å². The van der Waals surface area contributed by atoms with Gasteiger partial charge in [-0.2, -0.15) is 0 Å². The molecule has 1 aromatic carbocycles. The molecule has 0 spiro atoms. The summed E-state index contributed by atoms with van der Waals surface area (Å²) in [6.45, 7) is 4.65. The van der Waals surface area contributed by atoms with E-state index in [4.69, 9.17) is 0 Å². The smallest absolute Gasteiger partial charge is 0.331 e. The predicted molar refractivity (Wildman–Crippen MR) is 112 cm³/mol. The Bertz CT molecular complexity index is 1150. The number of nitrogens with zero attached hydrogens (tertiary/aromatic N) is 4. The number of sulfone groups is 1. The van der Waals surface area contributed by atoms with E-state index in [0.29, 0.717) is 30.4 Å². The third kappa shape index (κ3) is 3.78. The highest BCUT2D eigenvalue weighted by atomic mass is 32.2. The molecule has 0 bridgehead atoms. The van der Waals surface area contributed by atoms with Crippen LogP contribution >= 0.6 is 0 Å². The van der Waals surface area contributed by atoms with E-state index < -0.39 is 9.84 Å². The van der Waals surface area contributed by atoms with Gasteiger partial charge in [-0.05, 0) is 18.4 Å². The molecule has 0 unspecified atom stereocenters. The molecule has 0 fully saturated rings. The highest BCUT2D eigenvalue weighted by Gasteiger charge is 2.32. The first-order chi connectivity index (χ1) is 13.9. The van der Waals surface area contributed by atoms with Gasteiger partial charge in [0.1, 0.15) is 23.1 Å². The van der Waals surface area contributed by atoms with Gasteiger partial charge in [0.2, 0.25) is 0 Å². The predicted octanol–water partition coefficient (Wildman–Crippen LogP) is 1.93. The summed E-state index contributed by atoms with van der Waals surface area (Å²) in [6.07, 6.45) is 1.55. The maximum Gasteiger partial charge on any atom is 0.331 e. The topological polar surface area (TPSA) is 98.9 Å². The minimum atomic E-state index is -3.26. The Morgan fingerprint density at radius 1 is 1.17 bits per heavy atom. The summed E-state index contributed by atoms with van der Waals surface area (Å²) in [6, 6.07) is 10.2. The van der Waals surface area contributed by atoms with Crippen LogP contribution in [-0.2, 0) is 35.1 Å². The summed E-state index contributed by atoms with van der Waals surface area (Å²) >= 11 is 0. The minimum Gasteiger partial charge on any atom is -0.365 e. The van der Waals surface area contributed by atoms with Crippen LogP contribution in [0.3, 0.4) is 0 Å². The number of hydrogen-bond acceptors (Lipinski definition) is 6. The van der Waals surface area contributed by atoms with Crippen LogP contribution in [0.5, 0.6) is 0 Å². The average Bonchev–Trinajstić information content (AvgIpc) is 3.30. The van der Waals surface area contributed by atoms with E-state index in [9.17, 15) is 13.2 Å². The van der Waals surface area contributed by atoms with Gasteiger partial charge >= 0.3 is 5.69 Å². The molecule has 0 radical (unpaired) electrons. The lowest BCUT2D eigenvalue weighted by atomic mass is 10.1. The Hall–Kier alpha value is -2.68. The first kappa shape index (κ1) is 19.6. The van der Waals surface area contributed by atoms with E-state index in [1.165, 1.54) is 5.56 Å². The van der Waals surface area contributed by atoms with Crippen molar-refractivity contribution in [3.05, 3.63) is 52.2 Å². The molecular formula is C20H25N5O3S. The third-order valence-electron chi connectivity index (χ3n) is 5.20. The molecule has 0 aliphatic carbocycles. The molecule has 154 valence electrons. The van der Waals surface area contributed by atoms with Crippen LogP contribution < -0.4 is 11.0 Å². The lowest BCUT2D eigenvalue weighted by molar-refractivity contribution is 0.560. The van der Waals surface area contributed by atoms with Crippen LogP contribution in [0, 0.1) is 0 Å². The van der Waals surface area contributed by atoms with E-state index in [-0.39, 0.29) is 29.1 Å². The van der Waals surface area contributed by atoms with Gasteiger partial charge < -0.3 is 5.32 Å². The summed E-state index contributed by atoms with van der Waals surface area (Å²) in [7, 11) is -3.26. The first-order valence-electron chi connectivity index (χ1n) is 9.92. The zero-order valence-corrected chi connectivity index (χ0v) is 17.4. The van der Waals surface area contributed by atoms with Crippen LogP contribution in [0.15, 0.2) is 35.1 Å². The molecule has 1 N–H and O–H groups in total. The molecule has 4 rings (SSSR count). The SMILES string of the molecule is CCCn1c2nc(CS(=O)(=O)CC)nc-2c2n(c1=O)C[C@@H](Cc1ccccc1)N2. The van der Waals surface area contributed by atoms with E-state index >= 15 is 0 Å². The van der Waals surface area contributed by atoms with Crippen LogP contribution in [0.25, 0.3) is 11.5 Å². The van der Waals surface area contributed by atoms with Gasteiger partial charge in [0, 0.05) is 24.9 Å². The second kappa shape index (κ2) is 7.62. The van der Waals surface area contributed by atoms with Crippen molar-refractivity contribution in [3.63, 3.8) is 0 Å². The molecule has 0 saturated carbocycles. The summed E-state index contributed by atoms with van der Waals surface area (Å²) in [4.78, 5) is 22.1. The Labute approximate surface area is 169 Å². The van der Waals surface area contributed by atoms with Crippen LogP contribution in [0.1, 0.15) is 31.7 Å². The number of benzene rings is 1. The molecule has 0 saturated heterocycles. The summed E-state index contributed by atoms with van der Waals surface area (Å²) < 4.78 is 27.4. The zero-order chi connectivity index (χ0) is 20.6. The lowest BCUT2D eigenvalue weighted by Crippen LogP contribution is -2.32. The van der Waals surface area contributed by atoms with Gasteiger partial charge in [0.15, 0.2) is 15.7 Å². The van der Waals surface area contributed by atoms with Gasteiger partial charge in [-0.15, -0.1) is 0 Å². The second-order valence-electron chi connectivity index (χ2n) is 7.41. The quantitative estimate of drug-likeness (QED) is 0.633. The number of fused-ring (bicyclic) bond motifs is 3. The number of nitrogens with one attached hydrogen (secondary N) is 1. The first-order valence-corrected chi connectivity index (χ1v) is 11.7. The molecule has 3 heterocycles. The van der Waals surface area contributed by atoms with Crippen molar-refractivity contribution in [3.8, 4) is 11.5 Å². The third-order valence-corrected chi connectivity index (χ3v) is 6.78. The van der Waals surface area contributed by atoms with E-state index in [1.54, 1.807) is 16.1 Å². The molecule has 3 aliphatic rings. The highest BCUT2D eigenvalue weighted by Crippen LogP contribution is 2.31. The van der Waals surface area contributed by atoms with Crippen molar-refractivity contribution in [2.45, 2.75) is 51.6 Å². The summed E-state index contributed by atoms with van der Waals surface area (Å²) in [5.41, 5.74) is 1.61. The Kier molecular flexibility index (Phi) is 5.16. The molecule has 1 aromatic rings.